The van der Waals surface area contributed by atoms with Crippen LogP contribution in [0.15, 0.2) is 42.5 Å². The molecule has 1 N–H and O–H groups in total. The highest BCUT2D eigenvalue weighted by Gasteiger charge is 2.04. The zero-order valence-corrected chi connectivity index (χ0v) is 13.7. The van der Waals surface area contributed by atoms with Crippen molar-refractivity contribution in [2.75, 3.05) is 14.1 Å². The molecule has 21 heavy (non-hydrogen) atoms. The third-order valence-electron chi connectivity index (χ3n) is 3.54. The third-order valence-corrected chi connectivity index (χ3v) is 3.78. The van der Waals surface area contributed by atoms with Crippen LogP contribution in [0.2, 0.25) is 5.02 Å². The van der Waals surface area contributed by atoms with Crippen LogP contribution in [0.25, 0.3) is 0 Å². The van der Waals surface area contributed by atoms with E-state index in [9.17, 15) is 0 Å². The first-order valence-corrected chi connectivity index (χ1v) is 7.61. The molecular weight excluding hydrogens is 280 g/mol. The van der Waals surface area contributed by atoms with Crippen LogP contribution in [0.4, 0.5) is 0 Å². The van der Waals surface area contributed by atoms with Gasteiger partial charge in [0.2, 0.25) is 0 Å². The summed E-state index contributed by atoms with van der Waals surface area (Å²) in [4.78, 5) is 2.20. The molecule has 0 bridgehead atoms. The molecule has 0 aliphatic rings. The molecular formula is C18H23ClN2. The van der Waals surface area contributed by atoms with Crippen molar-refractivity contribution in [2.24, 2.45) is 0 Å². The maximum absolute atomic E-state index is 5.99. The van der Waals surface area contributed by atoms with Crippen molar-refractivity contribution >= 4 is 11.6 Å². The van der Waals surface area contributed by atoms with Gasteiger partial charge in [0.05, 0.1) is 0 Å². The lowest BCUT2D eigenvalue weighted by Crippen LogP contribution is -2.17. The zero-order chi connectivity index (χ0) is 15.2. The summed E-state index contributed by atoms with van der Waals surface area (Å²) >= 11 is 5.99. The van der Waals surface area contributed by atoms with Gasteiger partial charge in [-0.3, -0.25) is 0 Å². The smallest absolute Gasteiger partial charge is 0.0408 e. The number of hydrogen-bond acceptors (Lipinski definition) is 2. The van der Waals surface area contributed by atoms with E-state index in [1.165, 1.54) is 22.3 Å². The van der Waals surface area contributed by atoms with Gasteiger partial charge in [-0.1, -0.05) is 41.9 Å². The van der Waals surface area contributed by atoms with Gasteiger partial charge in [0.25, 0.3) is 0 Å². The van der Waals surface area contributed by atoms with Crippen molar-refractivity contribution in [3.63, 3.8) is 0 Å². The molecule has 0 spiro atoms. The summed E-state index contributed by atoms with van der Waals surface area (Å²) in [6.45, 7) is 4.81. The predicted octanol–water partition coefficient (Wildman–Crippen LogP) is 4.00. The topological polar surface area (TPSA) is 15.3 Å². The van der Waals surface area contributed by atoms with Crippen LogP contribution >= 0.6 is 11.6 Å². The van der Waals surface area contributed by atoms with E-state index >= 15 is 0 Å². The molecule has 0 aliphatic carbocycles. The Balaban J connectivity index is 1.97. The van der Waals surface area contributed by atoms with Crippen molar-refractivity contribution in [1.29, 1.82) is 0 Å². The highest BCUT2D eigenvalue weighted by molar-refractivity contribution is 6.30. The fourth-order valence-corrected chi connectivity index (χ4v) is 2.64. The Bertz CT molecular complexity index is 594. The van der Waals surface area contributed by atoms with Crippen molar-refractivity contribution in [3.8, 4) is 0 Å². The van der Waals surface area contributed by atoms with E-state index < -0.39 is 0 Å². The van der Waals surface area contributed by atoms with Gasteiger partial charge >= 0.3 is 0 Å². The fourth-order valence-electron chi connectivity index (χ4n) is 2.41. The van der Waals surface area contributed by atoms with Gasteiger partial charge in [-0.2, -0.15) is 0 Å². The summed E-state index contributed by atoms with van der Waals surface area (Å²) in [6, 6.07) is 14.7. The van der Waals surface area contributed by atoms with E-state index in [0.29, 0.717) is 0 Å². The molecule has 0 aromatic heterocycles. The molecule has 0 unspecified atom stereocenters. The van der Waals surface area contributed by atoms with E-state index in [1.807, 2.05) is 12.1 Å². The Morgan fingerprint density at radius 3 is 2.29 bits per heavy atom. The Hall–Kier alpha value is -1.35. The van der Waals surface area contributed by atoms with E-state index in [0.717, 1.165) is 24.7 Å². The first kappa shape index (κ1) is 16.0. The lowest BCUT2D eigenvalue weighted by atomic mass is 10.1. The summed E-state index contributed by atoms with van der Waals surface area (Å²) in [7, 11) is 4.20. The monoisotopic (exact) mass is 302 g/mol. The molecule has 0 atom stereocenters. The molecule has 0 radical (unpaired) electrons. The number of aryl methyl sites for hydroxylation is 1. The van der Waals surface area contributed by atoms with E-state index in [-0.39, 0.29) is 0 Å². The summed E-state index contributed by atoms with van der Waals surface area (Å²) in [6.07, 6.45) is 0. The van der Waals surface area contributed by atoms with Gasteiger partial charge in [0.15, 0.2) is 0 Å². The van der Waals surface area contributed by atoms with Crippen LogP contribution < -0.4 is 5.32 Å². The number of nitrogens with zero attached hydrogens (tertiary/aromatic N) is 1. The van der Waals surface area contributed by atoms with Crippen LogP contribution in [-0.2, 0) is 19.6 Å². The molecule has 0 saturated carbocycles. The molecule has 0 aliphatic heterocycles. The largest absolute Gasteiger partial charge is 0.309 e. The molecule has 2 aromatic carbocycles. The summed E-state index contributed by atoms with van der Waals surface area (Å²) in [5.74, 6) is 0. The molecule has 2 rings (SSSR count). The number of nitrogens with one attached hydrogen (secondary N) is 1. The molecule has 0 heterocycles. The average molecular weight is 303 g/mol. The number of rotatable bonds is 6. The molecule has 0 fully saturated rings. The second-order valence-corrected chi connectivity index (χ2v) is 6.12. The average Bonchev–Trinajstić information content (AvgIpc) is 2.42. The van der Waals surface area contributed by atoms with Crippen LogP contribution in [0.3, 0.4) is 0 Å². The SMILES string of the molecule is Cc1cc(Cl)ccc1CNCc1ccccc1CN(C)C. The second-order valence-electron chi connectivity index (χ2n) is 5.68. The second kappa shape index (κ2) is 7.60. The maximum atomic E-state index is 5.99. The third kappa shape index (κ3) is 4.85. The van der Waals surface area contributed by atoms with Crippen LogP contribution in [-0.4, -0.2) is 19.0 Å². The van der Waals surface area contributed by atoms with Crippen LogP contribution in [0.1, 0.15) is 22.3 Å². The van der Waals surface area contributed by atoms with Gasteiger partial charge < -0.3 is 10.2 Å². The molecule has 2 aromatic rings. The zero-order valence-electron chi connectivity index (χ0n) is 13.0. The number of halogens is 1. The molecule has 3 heteroatoms. The lowest BCUT2D eigenvalue weighted by Gasteiger charge is -2.15. The number of benzene rings is 2. The van der Waals surface area contributed by atoms with Crippen LogP contribution in [0.5, 0.6) is 0 Å². The molecule has 0 amide bonds. The lowest BCUT2D eigenvalue weighted by molar-refractivity contribution is 0.400. The Morgan fingerprint density at radius 2 is 1.62 bits per heavy atom. The molecule has 2 nitrogen and oxygen atoms in total. The Kier molecular flexibility index (Phi) is 5.80. The summed E-state index contributed by atoms with van der Waals surface area (Å²) < 4.78 is 0. The minimum absolute atomic E-state index is 0.799. The van der Waals surface area contributed by atoms with Gasteiger partial charge in [0.1, 0.15) is 0 Å². The summed E-state index contributed by atoms with van der Waals surface area (Å²) in [5.41, 5.74) is 5.27. The van der Waals surface area contributed by atoms with Crippen molar-refractivity contribution in [1.82, 2.24) is 10.2 Å². The highest BCUT2D eigenvalue weighted by atomic mass is 35.5. The minimum Gasteiger partial charge on any atom is -0.309 e. The maximum Gasteiger partial charge on any atom is 0.0408 e. The minimum atomic E-state index is 0.799. The van der Waals surface area contributed by atoms with E-state index in [2.05, 4.69) is 61.6 Å². The van der Waals surface area contributed by atoms with Crippen molar-refractivity contribution in [2.45, 2.75) is 26.6 Å². The number of hydrogen-bond donors (Lipinski definition) is 1. The standard InChI is InChI=1S/C18H23ClN2/c1-14-10-18(19)9-8-15(14)11-20-12-16-6-4-5-7-17(16)13-21(2)3/h4-10,20H,11-13H2,1-3H3. The van der Waals surface area contributed by atoms with E-state index in [4.69, 9.17) is 11.6 Å². The molecule has 0 saturated heterocycles. The van der Waals surface area contributed by atoms with Gasteiger partial charge in [0, 0.05) is 24.7 Å². The van der Waals surface area contributed by atoms with Crippen LogP contribution in [0, 0.1) is 6.92 Å². The van der Waals surface area contributed by atoms with E-state index in [1.54, 1.807) is 0 Å². The first-order chi connectivity index (χ1) is 10.1. The Morgan fingerprint density at radius 1 is 0.952 bits per heavy atom. The van der Waals surface area contributed by atoms with Gasteiger partial charge in [-0.05, 0) is 55.4 Å². The van der Waals surface area contributed by atoms with Crippen molar-refractivity contribution in [3.05, 3.63) is 69.7 Å². The quantitative estimate of drug-likeness (QED) is 0.867. The first-order valence-electron chi connectivity index (χ1n) is 7.23. The molecule has 112 valence electrons. The fraction of sp³-hybridized carbons (Fsp3) is 0.333. The Labute approximate surface area is 132 Å². The highest BCUT2D eigenvalue weighted by Crippen LogP contribution is 2.15. The van der Waals surface area contributed by atoms with Crippen molar-refractivity contribution < 1.29 is 0 Å². The normalized spacial score (nSPS) is 11.1. The van der Waals surface area contributed by atoms with Gasteiger partial charge in [-0.25, -0.2) is 0 Å². The van der Waals surface area contributed by atoms with Gasteiger partial charge in [-0.15, -0.1) is 0 Å². The predicted molar refractivity (Wildman–Crippen MR) is 90.6 cm³/mol. The summed E-state index contributed by atoms with van der Waals surface area (Å²) in [5, 5.41) is 4.33.